The van der Waals surface area contributed by atoms with Crippen LogP contribution in [0.25, 0.3) is 0 Å². The van der Waals surface area contributed by atoms with Crippen LogP contribution in [0.3, 0.4) is 0 Å². The maximum absolute atomic E-state index is 11.2. The number of benzene rings is 2. The summed E-state index contributed by atoms with van der Waals surface area (Å²) in [6.07, 6.45) is -0.673. The third-order valence-electron chi connectivity index (χ3n) is 3.60. The van der Waals surface area contributed by atoms with E-state index in [0.29, 0.717) is 18.1 Å². The van der Waals surface area contributed by atoms with E-state index in [9.17, 15) is 15.0 Å². The number of carboxylic acid groups (broad SMARTS) is 1. The first kappa shape index (κ1) is 18.6. The maximum atomic E-state index is 11.2. The molecule has 0 aliphatic heterocycles. The van der Waals surface area contributed by atoms with Gasteiger partial charge in [-0.2, -0.15) is 0 Å². The number of aromatic hydroxyl groups is 1. The fourth-order valence-electron chi connectivity index (χ4n) is 2.40. The first-order valence-electron chi connectivity index (χ1n) is 7.95. The van der Waals surface area contributed by atoms with Gasteiger partial charge in [-0.3, -0.25) is 0 Å². The number of hydrogen-bond acceptors (Lipinski definition) is 5. The van der Waals surface area contributed by atoms with Crippen LogP contribution in [0.5, 0.6) is 17.2 Å². The number of phenols is 1. The van der Waals surface area contributed by atoms with Crippen LogP contribution in [-0.2, 0) is 22.6 Å². The van der Waals surface area contributed by atoms with Crippen molar-refractivity contribution in [2.45, 2.75) is 26.1 Å². The molecule has 0 aliphatic carbocycles. The quantitative estimate of drug-likeness (QED) is 0.726. The normalized spacial score (nSPS) is 11.8. The largest absolute Gasteiger partial charge is 0.508 e. The predicted octanol–water partition coefficient (Wildman–Crippen LogP) is 3.01. The topological polar surface area (TPSA) is 85.2 Å². The molecule has 1 unspecified atom stereocenters. The summed E-state index contributed by atoms with van der Waals surface area (Å²) < 4.78 is 16.3. The van der Waals surface area contributed by atoms with Gasteiger partial charge >= 0.3 is 5.97 Å². The van der Waals surface area contributed by atoms with E-state index >= 15 is 0 Å². The summed E-state index contributed by atoms with van der Waals surface area (Å²) in [5.41, 5.74) is 1.58. The van der Waals surface area contributed by atoms with Gasteiger partial charge in [0.15, 0.2) is 17.6 Å². The van der Waals surface area contributed by atoms with Gasteiger partial charge in [0.05, 0.1) is 7.11 Å². The standard InChI is InChI=1S/C19H22O6/c1-3-24-18(19(21)22)11-13-7-8-16(23-2)17(10-13)25-12-14-5-4-6-15(20)9-14/h4-10,18,20H,3,11-12H2,1-2H3,(H,21,22). The molecule has 0 fully saturated rings. The molecule has 0 heterocycles. The number of phenolic OH excluding ortho intramolecular Hbond substituents is 1. The van der Waals surface area contributed by atoms with Gasteiger partial charge < -0.3 is 24.4 Å². The monoisotopic (exact) mass is 346 g/mol. The van der Waals surface area contributed by atoms with Gasteiger partial charge in [-0.25, -0.2) is 4.79 Å². The second-order valence-corrected chi connectivity index (χ2v) is 5.43. The van der Waals surface area contributed by atoms with E-state index in [1.165, 1.54) is 7.11 Å². The third-order valence-corrected chi connectivity index (χ3v) is 3.60. The van der Waals surface area contributed by atoms with E-state index in [2.05, 4.69) is 0 Å². The van der Waals surface area contributed by atoms with Gasteiger partial charge in [0, 0.05) is 13.0 Å². The number of aliphatic carboxylic acids is 1. The highest BCUT2D eigenvalue weighted by Gasteiger charge is 2.19. The predicted molar refractivity (Wildman–Crippen MR) is 92.2 cm³/mol. The SMILES string of the molecule is CCOC(Cc1ccc(OC)c(OCc2cccc(O)c2)c1)C(=O)O. The van der Waals surface area contributed by atoms with Crippen LogP contribution in [-0.4, -0.2) is 36.0 Å². The highest BCUT2D eigenvalue weighted by molar-refractivity contribution is 5.72. The first-order chi connectivity index (χ1) is 12.0. The van der Waals surface area contributed by atoms with Gasteiger partial charge in [-0.1, -0.05) is 18.2 Å². The molecule has 6 nitrogen and oxygen atoms in total. The second kappa shape index (κ2) is 8.94. The minimum absolute atomic E-state index is 0.169. The van der Waals surface area contributed by atoms with E-state index in [4.69, 9.17) is 14.2 Å². The number of methoxy groups -OCH3 is 1. The summed E-state index contributed by atoms with van der Waals surface area (Å²) >= 11 is 0. The van der Waals surface area contributed by atoms with Crippen LogP contribution in [0.15, 0.2) is 42.5 Å². The fourth-order valence-corrected chi connectivity index (χ4v) is 2.40. The Morgan fingerprint density at radius 1 is 1.12 bits per heavy atom. The molecule has 0 radical (unpaired) electrons. The van der Waals surface area contributed by atoms with Crippen molar-refractivity contribution in [3.05, 3.63) is 53.6 Å². The van der Waals surface area contributed by atoms with E-state index in [0.717, 1.165) is 11.1 Å². The number of carbonyl (C=O) groups is 1. The van der Waals surface area contributed by atoms with Crippen molar-refractivity contribution >= 4 is 5.97 Å². The van der Waals surface area contributed by atoms with Gasteiger partial charge in [0.2, 0.25) is 0 Å². The van der Waals surface area contributed by atoms with Crippen LogP contribution in [0, 0.1) is 0 Å². The molecule has 6 heteroatoms. The molecule has 25 heavy (non-hydrogen) atoms. The second-order valence-electron chi connectivity index (χ2n) is 5.43. The molecule has 0 spiro atoms. The smallest absolute Gasteiger partial charge is 0.333 e. The summed E-state index contributed by atoms with van der Waals surface area (Å²) in [7, 11) is 1.54. The van der Waals surface area contributed by atoms with Crippen LogP contribution >= 0.6 is 0 Å². The van der Waals surface area contributed by atoms with Crippen molar-refractivity contribution < 1.29 is 29.2 Å². The average Bonchev–Trinajstić information content (AvgIpc) is 2.59. The summed E-state index contributed by atoms with van der Waals surface area (Å²) in [6, 6.07) is 12.0. The highest BCUT2D eigenvalue weighted by atomic mass is 16.5. The molecule has 2 aromatic carbocycles. The number of ether oxygens (including phenoxy) is 3. The van der Waals surface area contributed by atoms with Gasteiger partial charge in [-0.05, 0) is 42.3 Å². The molecule has 0 amide bonds. The summed E-state index contributed by atoms with van der Waals surface area (Å²) in [4.78, 5) is 11.2. The first-order valence-corrected chi connectivity index (χ1v) is 7.95. The number of hydrogen-bond donors (Lipinski definition) is 2. The Labute approximate surface area is 146 Å². The number of carboxylic acids is 1. The Kier molecular flexibility index (Phi) is 6.65. The fraction of sp³-hybridized carbons (Fsp3) is 0.316. The molecule has 1 atom stereocenters. The summed E-state index contributed by atoms with van der Waals surface area (Å²) in [5.74, 6) is 0.221. The average molecular weight is 346 g/mol. The van der Waals surface area contributed by atoms with Crippen molar-refractivity contribution in [1.82, 2.24) is 0 Å². The lowest BCUT2D eigenvalue weighted by Crippen LogP contribution is -2.26. The van der Waals surface area contributed by atoms with Gasteiger partial charge in [-0.15, -0.1) is 0 Å². The van der Waals surface area contributed by atoms with E-state index < -0.39 is 12.1 Å². The summed E-state index contributed by atoms with van der Waals surface area (Å²) in [6.45, 7) is 2.34. The molecule has 0 aliphatic rings. The molecule has 0 saturated carbocycles. The molecule has 2 N–H and O–H groups in total. The van der Waals surface area contributed by atoms with Crippen LogP contribution in [0.4, 0.5) is 0 Å². The minimum Gasteiger partial charge on any atom is -0.508 e. The Hall–Kier alpha value is -2.73. The zero-order chi connectivity index (χ0) is 18.2. The molecule has 2 rings (SSSR count). The lowest BCUT2D eigenvalue weighted by molar-refractivity contribution is -0.149. The zero-order valence-corrected chi connectivity index (χ0v) is 14.3. The lowest BCUT2D eigenvalue weighted by Gasteiger charge is -2.15. The lowest BCUT2D eigenvalue weighted by atomic mass is 10.1. The van der Waals surface area contributed by atoms with Crippen molar-refractivity contribution in [3.63, 3.8) is 0 Å². The van der Waals surface area contributed by atoms with E-state index in [1.54, 1.807) is 43.3 Å². The Balaban J connectivity index is 2.14. The van der Waals surface area contributed by atoms with Crippen molar-refractivity contribution in [2.75, 3.05) is 13.7 Å². The van der Waals surface area contributed by atoms with Crippen LogP contribution < -0.4 is 9.47 Å². The minimum atomic E-state index is -1.00. The zero-order valence-electron chi connectivity index (χ0n) is 14.3. The molecule has 134 valence electrons. The van der Waals surface area contributed by atoms with Gasteiger partial charge in [0.25, 0.3) is 0 Å². The summed E-state index contributed by atoms with van der Waals surface area (Å²) in [5, 5.41) is 18.7. The molecular formula is C19H22O6. The Bertz CT molecular complexity index is 713. The Morgan fingerprint density at radius 2 is 1.92 bits per heavy atom. The third kappa shape index (κ3) is 5.39. The molecule has 0 bridgehead atoms. The highest BCUT2D eigenvalue weighted by Crippen LogP contribution is 2.29. The van der Waals surface area contributed by atoms with Crippen molar-refractivity contribution in [1.29, 1.82) is 0 Å². The number of rotatable bonds is 9. The van der Waals surface area contributed by atoms with Crippen molar-refractivity contribution in [2.24, 2.45) is 0 Å². The van der Waals surface area contributed by atoms with Crippen LogP contribution in [0.1, 0.15) is 18.1 Å². The molecular weight excluding hydrogens is 324 g/mol. The molecule has 2 aromatic rings. The maximum Gasteiger partial charge on any atom is 0.333 e. The van der Waals surface area contributed by atoms with Crippen molar-refractivity contribution in [3.8, 4) is 17.2 Å². The van der Waals surface area contributed by atoms with E-state index in [-0.39, 0.29) is 18.8 Å². The Morgan fingerprint density at radius 3 is 2.56 bits per heavy atom. The molecule has 0 saturated heterocycles. The van der Waals surface area contributed by atoms with Gasteiger partial charge in [0.1, 0.15) is 12.4 Å². The molecule has 0 aromatic heterocycles. The van der Waals surface area contributed by atoms with Crippen LogP contribution in [0.2, 0.25) is 0 Å². The van der Waals surface area contributed by atoms with E-state index in [1.807, 2.05) is 6.07 Å².